The summed E-state index contributed by atoms with van der Waals surface area (Å²) in [7, 11) is -2.29. The molecule has 8 heteroatoms. The third-order valence-electron chi connectivity index (χ3n) is 3.66. The van der Waals surface area contributed by atoms with E-state index in [-0.39, 0.29) is 11.0 Å². The maximum atomic E-state index is 12.5. The summed E-state index contributed by atoms with van der Waals surface area (Å²) in [5.41, 5.74) is 0.411. The van der Waals surface area contributed by atoms with Gasteiger partial charge in [-0.05, 0) is 25.0 Å². The number of hydrogen-bond acceptors (Lipinski definition) is 5. The summed E-state index contributed by atoms with van der Waals surface area (Å²) in [5.74, 6) is 0.298. The molecule has 1 unspecified atom stereocenters. The smallest absolute Gasteiger partial charge is 0.265 e. The average Bonchev–Trinajstić information content (AvgIpc) is 3.19. The number of anilines is 1. The van der Waals surface area contributed by atoms with Gasteiger partial charge in [0, 0.05) is 12.8 Å². The molecular formula is C15H19N3O4S. The van der Waals surface area contributed by atoms with E-state index in [9.17, 15) is 8.42 Å². The molecule has 1 aromatic carbocycles. The van der Waals surface area contributed by atoms with Crippen LogP contribution in [0.5, 0.6) is 5.75 Å². The highest BCUT2D eigenvalue weighted by atomic mass is 32.2. The number of aromatic nitrogens is 2. The number of ether oxygens (including phenoxy) is 2. The van der Waals surface area contributed by atoms with Crippen LogP contribution in [0.2, 0.25) is 0 Å². The summed E-state index contributed by atoms with van der Waals surface area (Å²) in [6, 6.07) is 6.47. The Labute approximate surface area is 135 Å². The van der Waals surface area contributed by atoms with Crippen LogP contribution in [0.3, 0.4) is 0 Å². The van der Waals surface area contributed by atoms with E-state index in [0.717, 1.165) is 19.4 Å². The van der Waals surface area contributed by atoms with Crippen LogP contribution in [-0.4, -0.2) is 38.0 Å². The van der Waals surface area contributed by atoms with Gasteiger partial charge in [-0.15, -0.1) is 0 Å². The van der Waals surface area contributed by atoms with Gasteiger partial charge < -0.3 is 9.47 Å². The van der Waals surface area contributed by atoms with Gasteiger partial charge in [0.15, 0.2) is 0 Å². The van der Waals surface area contributed by atoms with Crippen LogP contribution < -0.4 is 9.46 Å². The molecular weight excluding hydrogens is 318 g/mol. The Morgan fingerprint density at radius 3 is 3.00 bits per heavy atom. The minimum Gasteiger partial charge on any atom is -0.495 e. The molecule has 0 amide bonds. The molecule has 1 aliphatic heterocycles. The van der Waals surface area contributed by atoms with Gasteiger partial charge in [-0.2, -0.15) is 5.10 Å². The Hall–Kier alpha value is -2.06. The lowest BCUT2D eigenvalue weighted by atomic mass is 10.2. The van der Waals surface area contributed by atoms with E-state index < -0.39 is 10.0 Å². The summed E-state index contributed by atoms with van der Waals surface area (Å²) in [6.07, 6.45) is 5.35. The van der Waals surface area contributed by atoms with Crippen molar-refractivity contribution in [2.45, 2.75) is 30.4 Å². The normalized spacial score (nSPS) is 18.0. The maximum Gasteiger partial charge on any atom is 0.265 e. The van der Waals surface area contributed by atoms with Gasteiger partial charge in [0.05, 0.1) is 31.6 Å². The second-order valence-electron chi connectivity index (χ2n) is 5.34. The quantitative estimate of drug-likeness (QED) is 0.870. The zero-order valence-electron chi connectivity index (χ0n) is 12.8. The van der Waals surface area contributed by atoms with Crippen molar-refractivity contribution in [2.75, 3.05) is 18.4 Å². The molecule has 0 radical (unpaired) electrons. The van der Waals surface area contributed by atoms with Gasteiger partial charge in [0.25, 0.3) is 10.0 Å². The highest BCUT2D eigenvalue weighted by molar-refractivity contribution is 7.92. The summed E-state index contributed by atoms with van der Waals surface area (Å²) < 4.78 is 39.8. The van der Waals surface area contributed by atoms with Crippen molar-refractivity contribution in [2.24, 2.45) is 0 Å². The van der Waals surface area contributed by atoms with Crippen LogP contribution in [0.15, 0.2) is 41.6 Å². The van der Waals surface area contributed by atoms with Crippen LogP contribution in [0.1, 0.15) is 12.8 Å². The fourth-order valence-electron chi connectivity index (χ4n) is 2.56. The van der Waals surface area contributed by atoms with Crippen LogP contribution in [0, 0.1) is 0 Å². The Kier molecular flexibility index (Phi) is 4.53. The van der Waals surface area contributed by atoms with Crippen LogP contribution in [0.4, 0.5) is 5.69 Å². The molecule has 2 aromatic rings. The second-order valence-corrected chi connectivity index (χ2v) is 6.99. The van der Waals surface area contributed by atoms with Gasteiger partial charge in [0.2, 0.25) is 0 Å². The Balaban J connectivity index is 1.74. The van der Waals surface area contributed by atoms with Crippen LogP contribution >= 0.6 is 0 Å². The van der Waals surface area contributed by atoms with Gasteiger partial charge >= 0.3 is 0 Å². The van der Waals surface area contributed by atoms with Gasteiger partial charge in [0.1, 0.15) is 10.6 Å². The van der Waals surface area contributed by atoms with Crippen LogP contribution in [0.25, 0.3) is 0 Å². The number of para-hydroxylation sites is 1. The molecule has 0 saturated carbocycles. The first kappa shape index (κ1) is 15.8. The van der Waals surface area contributed by atoms with E-state index in [4.69, 9.17) is 9.47 Å². The lowest BCUT2D eigenvalue weighted by Gasteiger charge is -2.10. The molecule has 0 bridgehead atoms. The molecule has 1 aliphatic rings. The monoisotopic (exact) mass is 337 g/mol. The minimum absolute atomic E-state index is 0.0920. The molecule has 1 atom stereocenters. The van der Waals surface area contributed by atoms with Crippen molar-refractivity contribution >= 4 is 15.7 Å². The van der Waals surface area contributed by atoms with E-state index in [1.54, 1.807) is 29.1 Å². The second kappa shape index (κ2) is 6.59. The van der Waals surface area contributed by atoms with E-state index in [1.807, 2.05) is 0 Å². The molecule has 124 valence electrons. The molecule has 3 rings (SSSR count). The predicted molar refractivity (Wildman–Crippen MR) is 85.0 cm³/mol. The Morgan fingerprint density at radius 2 is 2.26 bits per heavy atom. The summed E-state index contributed by atoms with van der Waals surface area (Å²) >= 11 is 0. The number of nitrogens with zero attached hydrogens (tertiary/aromatic N) is 2. The topological polar surface area (TPSA) is 82.5 Å². The third kappa shape index (κ3) is 3.65. The summed E-state index contributed by atoms with van der Waals surface area (Å²) in [6.45, 7) is 1.40. The van der Waals surface area contributed by atoms with Crippen molar-refractivity contribution in [1.82, 2.24) is 9.78 Å². The maximum absolute atomic E-state index is 12.5. The van der Waals surface area contributed by atoms with Gasteiger partial charge in [-0.1, -0.05) is 12.1 Å². The summed E-state index contributed by atoms with van der Waals surface area (Å²) in [4.78, 5) is 0.0920. The van der Waals surface area contributed by atoms with Gasteiger partial charge in [-0.3, -0.25) is 9.40 Å². The lowest BCUT2D eigenvalue weighted by Crippen LogP contribution is -2.15. The molecule has 23 heavy (non-hydrogen) atoms. The Bertz CT molecular complexity index is 767. The SMILES string of the molecule is COc1ccccc1S(=O)(=O)Nc1cnn(CC2CCCO2)c1. The largest absolute Gasteiger partial charge is 0.495 e. The molecule has 0 aliphatic carbocycles. The van der Waals surface area contributed by atoms with Crippen molar-refractivity contribution in [3.63, 3.8) is 0 Å². The lowest BCUT2D eigenvalue weighted by molar-refractivity contribution is 0.0940. The number of methoxy groups -OCH3 is 1. The van der Waals surface area contributed by atoms with E-state index in [2.05, 4.69) is 9.82 Å². The first-order chi connectivity index (χ1) is 11.1. The van der Waals surface area contributed by atoms with Crippen LogP contribution in [-0.2, 0) is 21.3 Å². The number of hydrogen-bond donors (Lipinski definition) is 1. The van der Waals surface area contributed by atoms with E-state index >= 15 is 0 Å². The molecule has 1 N–H and O–H groups in total. The first-order valence-electron chi connectivity index (χ1n) is 7.38. The number of benzene rings is 1. The predicted octanol–water partition coefficient (Wildman–Crippen LogP) is 1.87. The van der Waals surface area contributed by atoms with Crippen molar-refractivity contribution < 1.29 is 17.9 Å². The third-order valence-corrected chi connectivity index (χ3v) is 5.08. The van der Waals surface area contributed by atoms with Gasteiger partial charge in [-0.25, -0.2) is 8.42 Å². The minimum atomic E-state index is -3.73. The zero-order valence-corrected chi connectivity index (χ0v) is 13.6. The zero-order chi connectivity index (χ0) is 16.3. The van der Waals surface area contributed by atoms with Crippen molar-refractivity contribution in [3.8, 4) is 5.75 Å². The van der Waals surface area contributed by atoms with Crippen molar-refractivity contribution in [3.05, 3.63) is 36.7 Å². The van der Waals surface area contributed by atoms with E-state index in [1.165, 1.54) is 19.4 Å². The molecule has 2 heterocycles. The molecule has 1 saturated heterocycles. The number of nitrogens with one attached hydrogen (secondary N) is 1. The summed E-state index contributed by atoms with van der Waals surface area (Å²) in [5, 5.41) is 4.18. The standard InChI is InChI=1S/C15H19N3O4S/c1-21-14-6-2-3-7-15(14)23(19,20)17-12-9-16-18(10-12)11-13-5-4-8-22-13/h2-3,6-7,9-10,13,17H,4-5,8,11H2,1H3. The number of rotatable bonds is 6. The van der Waals surface area contributed by atoms with Crippen molar-refractivity contribution in [1.29, 1.82) is 0 Å². The average molecular weight is 337 g/mol. The molecule has 1 aromatic heterocycles. The Morgan fingerprint density at radius 1 is 1.43 bits per heavy atom. The first-order valence-corrected chi connectivity index (χ1v) is 8.87. The van der Waals surface area contributed by atoms with E-state index in [0.29, 0.717) is 18.0 Å². The molecule has 1 fully saturated rings. The molecule has 7 nitrogen and oxygen atoms in total. The highest BCUT2D eigenvalue weighted by Gasteiger charge is 2.20. The fourth-order valence-corrected chi connectivity index (χ4v) is 3.76. The highest BCUT2D eigenvalue weighted by Crippen LogP contribution is 2.25. The fraction of sp³-hybridized carbons (Fsp3) is 0.400. The number of sulfonamides is 1. The molecule has 0 spiro atoms.